The molecule has 94 valence electrons. The molecule has 2 aromatic rings. The van der Waals surface area contributed by atoms with Crippen molar-refractivity contribution in [1.82, 2.24) is 0 Å². The Morgan fingerprint density at radius 1 is 1.05 bits per heavy atom. The first kappa shape index (κ1) is 11.7. The number of rotatable bonds is 3. The normalized spacial score (nSPS) is 20.7. The molecule has 0 radical (unpaired) electrons. The van der Waals surface area contributed by atoms with Crippen LogP contribution in [0.2, 0.25) is 0 Å². The van der Waals surface area contributed by atoms with Crippen LogP contribution in [0, 0.1) is 0 Å². The van der Waals surface area contributed by atoms with Crippen LogP contribution in [-0.4, -0.2) is 5.91 Å². The van der Waals surface area contributed by atoms with Gasteiger partial charge in [-0.25, -0.2) is 0 Å². The Morgan fingerprint density at radius 3 is 2.47 bits per heavy atom. The Bertz CT molecular complexity index is 633. The number of nitrogens with one attached hydrogen (secondary N) is 1. The van der Waals surface area contributed by atoms with Gasteiger partial charge in [0.15, 0.2) is 0 Å². The van der Waals surface area contributed by atoms with Crippen molar-refractivity contribution >= 4 is 11.6 Å². The molecule has 2 nitrogen and oxygen atoms in total. The van der Waals surface area contributed by atoms with Crippen molar-refractivity contribution in [3.63, 3.8) is 0 Å². The van der Waals surface area contributed by atoms with Crippen molar-refractivity contribution in [1.29, 1.82) is 0 Å². The number of amides is 1. The fourth-order valence-corrected chi connectivity index (χ4v) is 2.86. The first-order chi connectivity index (χ1) is 9.29. The standard InChI is InChI=1S/C17H15NO/c1-2-12-17(13-8-4-3-5-9-13)14-10-6-7-11-15(14)18-16(17)19/h2-11H,1,12H2,(H,18,19)/t17-/m0/s1. The molecule has 0 unspecified atom stereocenters. The lowest BCUT2D eigenvalue weighted by molar-refractivity contribution is -0.119. The van der Waals surface area contributed by atoms with Gasteiger partial charge in [0, 0.05) is 5.69 Å². The molecule has 0 saturated carbocycles. The molecule has 0 fully saturated rings. The first-order valence-corrected chi connectivity index (χ1v) is 6.36. The van der Waals surface area contributed by atoms with Gasteiger partial charge >= 0.3 is 0 Å². The summed E-state index contributed by atoms with van der Waals surface area (Å²) >= 11 is 0. The largest absolute Gasteiger partial charge is 0.325 e. The number of para-hydroxylation sites is 1. The van der Waals surface area contributed by atoms with E-state index in [0.717, 1.165) is 16.8 Å². The third-order valence-corrected chi connectivity index (χ3v) is 3.74. The van der Waals surface area contributed by atoms with E-state index in [1.807, 2.05) is 60.7 Å². The van der Waals surface area contributed by atoms with Gasteiger partial charge in [-0.3, -0.25) is 4.79 Å². The second-order valence-corrected chi connectivity index (χ2v) is 4.76. The molecule has 1 aliphatic rings. The van der Waals surface area contributed by atoms with Crippen molar-refractivity contribution in [2.75, 3.05) is 5.32 Å². The molecular formula is C17H15NO. The van der Waals surface area contributed by atoms with E-state index < -0.39 is 5.41 Å². The number of benzene rings is 2. The molecule has 1 atom stereocenters. The summed E-state index contributed by atoms with van der Waals surface area (Å²) in [7, 11) is 0. The van der Waals surface area contributed by atoms with Crippen LogP contribution < -0.4 is 5.32 Å². The zero-order valence-corrected chi connectivity index (χ0v) is 10.6. The Labute approximate surface area is 112 Å². The summed E-state index contributed by atoms with van der Waals surface area (Å²) in [6.45, 7) is 3.82. The minimum absolute atomic E-state index is 0.0276. The van der Waals surface area contributed by atoms with Gasteiger partial charge in [-0.15, -0.1) is 6.58 Å². The smallest absolute Gasteiger partial charge is 0.239 e. The van der Waals surface area contributed by atoms with Gasteiger partial charge in [-0.05, 0) is 23.6 Å². The van der Waals surface area contributed by atoms with E-state index in [9.17, 15) is 4.79 Å². The van der Waals surface area contributed by atoms with Crippen molar-refractivity contribution in [2.45, 2.75) is 11.8 Å². The fraction of sp³-hybridized carbons (Fsp3) is 0.118. The molecule has 3 rings (SSSR count). The molecular weight excluding hydrogens is 234 g/mol. The van der Waals surface area contributed by atoms with Crippen molar-refractivity contribution in [2.24, 2.45) is 0 Å². The Balaban J connectivity index is 2.27. The highest BCUT2D eigenvalue weighted by Crippen LogP contribution is 2.45. The van der Waals surface area contributed by atoms with Crippen LogP contribution in [0.5, 0.6) is 0 Å². The quantitative estimate of drug-likeness (QED) is 0.829. The Kier molecular flexibility index (Phi) is 2.71. The molecule has 0 bridgehead atoms. The molecule has 1 N–H and O–H groups in total. The molecule has 0 saturated heterocycles. The molecule has 0 aromatic heterocycles. The molecule has 0 aliphatic carbocycles. The summed E-state index contributed by atoms with van der Waals surface area (Å²) in [4.78, 5) is 12.6. The fourth-order valence-electron chi connectivity index (χ4n) is 2.86. The summed E-state index contributed by atoms with van der Waals surface area (Å²) in [6, 6.07) is 17.8. The number of anilines is 1. The zero-order chi connectivity index (χ0) is 13.3. The zero-order valence-electron chi connectivity index (χ0n) is 10.6. The minimum atomic E-state index is -0.639. The maximum atomic E-state index is 12.6. The number of fused-ring (bicyclic) bond motifs is 1. The van der Waals surface area contributed by atoms with Gasteiger partial charge < -0.3 is 5.32 Å². The molecule has 2 heteroatoms. The van der Waals surface area contributed by atoms with E-state index in [-0.39, 0.29) is 5.91 Å². The van der Waals surface area contributed by atoms with E-state index in [2.05, 4.69) is 11.9 Å². The second-order valence-electron chi connectivity index (χ2n) is 4.76. The van der Waals surface area contributed by atoms with Crippen LogP contribution in [0.3, 0.4) is 0 Å². The van der Waals surface area contributed by atoms with Crippen molar-refractivity contribution in [3.05, 3.63) is 78.4 Å². The van der Waals surface area contributed by atoms with Crippen molar-refractivity contribution in [3.8, 4) is 0 Å². The molecule has 1 amide bonds. The molecule has 1 aliphatic heterocycles. The van der Waals surface area contributed by atoms with Gasteiger partial charge in [0.1, 0.15) is 5.41 Å². The van der Waals surface area contributed by atoms with Gasteiger partial charge in [0.2, 0.25) is 5.91 Å². The van der Waals surface area contributed by atoms with Crippen LogP contribution in [0.15, 0.2) is 67.3 Å². The van der Waals surface area contributed by atoms with E-state index in [1.54, 1.807) is 0 Å². The summed E-state index contributed by atoms with van der Waals surface area (Å²) in [5.74, 6) is 0.0276. The average Bonchev–Trinajstić information content (AvgIpc) is 2.74. The summed E-state index contributed by atoms with van der Waals surface area (Å²) in [5, 5.41) is 2.98. The lowest BCUT2D eigenvalue weighted by atomic mass is 9.73. The number of carbonyl (C=O) groups is 1. The molecule has 19 heavy (non-hydrogen) atoms. The second kappa shape index (κ2) is 4.39. The molecule has 1 heterocycles. The van der Waals surface area contributed by atoms with E-state index in [4.69, 9.17) is 0 Å². The third-order valence-electron chi connectivity index (χ3n) is 3.74. The maximum Gasteiger partial charge on any atom is 0.239 e. The van der Waals surface area contributed by atoms with Gasteiger partial charge in [0.25, 0.3) is 0 Å². The Morgan fingerprint density at radius 2 is 1.74 bits per heavy atom. The number of carbonyl (C=O) groups excluding carboxylic acids is 1. The van der Waals surface area contributed by atoms with E-state index >= 15 is 0 Å². The maximum absolute atomic E-state index is 12.6. The van der Waals surface area contributed by atoms with E-state index in [0.29, 0.717) is 6.42 Å². The third kappa shape index (κ3) is 1.60. The van der Waals surface area contributed by atoms with Crippen LogP contribution in [-0.2, 0) is 10.2 Å². The van der Waals surface area contributed by atoms with Crippen LogP contribution >= 0.6 is 0 Å². The molecule has 2 aromatic carbocycles. The Hall–Kier alpha value is -2.35. The number of hydrogen-bond acceptors (Lipinski definition) is 1. The lowest BCUT2D eigenvalue weighted by Crippen LogP contribution is -2.35. The average molecular weight is 249 g/mol. The van der Waals surface area contributed by atoms with Crippen molar-refractivity contribution < 1.29 is 4.79 Å². The first-order valence-electron chi connectivity index (χ1n) is 6.36. The highest BCUT2D eigenvalue weighted by molar-refractivity contribution is 6.08. The molecule has 0 spiro atoms. The van der Waals surface area contributed by atoms with Gasteiger partial charge in [0.05, 0.1) is 0 Å². The van der Waals surface area contributed by atoms with Crippen LogP contribution in [0.1, 0.15) is 17.5 Å². The lowest BCUT2D eigenvalue weighted by Gasteiger charge is -2.26. The minimum Gasteiger partial charge on any atom is -0.325 e. The predicted octanol–water partition coefficient (Wildman–Crippen LogP) is 3.50. The SMILES string of the molecule is C=CC[C@@]1(c2ccccc2)C(=O)Nc2ccccc21. The predicted molar refractivity (Wildman–Crippen MR) is 77.1 cm³/mol. The number of hydrogen-bond donors (Lipinski definition) is 1. The highest BCUT2D eigenvalue weighted by Gasteiger charge is 2.46. The van der Waals surface area contributed by atoms with Crippen LogP contribution in [0.4, 0.5) is 5.69 Å². The highest BCUT2D eigenvalue weighted by atomic mass is 16.2. The van der Waals surface area contributed by atoms with Gasteiger partial charge in [-0.1, -0.05) is 54.6 Å². The summed E-state index contributed by atoms with van der Waals surface area (Å²) in [6.07, 6.45) is 2.41. The van der Waals surface area contributed by atoms with Crippen LogP contribution in [0.25, 0.3) is 0 Å². The van der Waals surface area contributed by atoms with E-state index in [1.165, 1.54) is 0 Å². The summed E-state index contributed by atoms with van der Waals surface area (Å²) in [5.41, 5.74) is 2.31. The monoisotopic (exact) mass is 249 g/mol. The number of allylic oxidation sites excluding steroid dienone is 1. The van der Waals surface area contributed by atoms with Gasteiger partial charge in [-0.2, -0.15) is 0 Å². The topological polar surface area (TPSA) is 29.1 Å². The summed E-state index contributed by atoms with van der Waals surface area (Å²) < 4.78 is 0.